The molecule has 6 nitrogen and oxygen atoms in total. The molecule has 3 heterocycles. The topological polar surface area (TPSA) is 60.3 Å². The maximum absolute atomic E-state index is 12.3. The third kappa shape index (κ3) is 1.55. The van der Waals surface area contributed by atoms with Crippen molar-refractivity contribution in [2.24, 2.45) is 0 Å². The number of rotatable bonds is 3. The van der Waals surface area contributed by atoms with E-state index in [2.05, 4.69) is 10.2 Å². The zero-order chi connectivity index (χ0) is 12.7. The van der Waals surface area contributed by atoms with Crippen LogP contribution in [0, 0.1) is 0 Å². The van der Waals surface area contributed by atoms with E-state index in [9.17, 15) is 4.79 Å². The summed E-state index contributed by atoms with van der Waals surface area (Å²) in [5.41, 5.74) is 0. The summed E-state index contributed by atoms with van der Waals surface area (Å²) in [6.07, 6.45) is 2.76. The van der Waals surface area contributed by atoms with Crippen LogP contribution in [-0.2, 0) is 16.0 Å². The zero-order valence-corrected chi connectivity index (χ0v) is 10.8. The first-order valence-electron chi connectivity index (χ1n) is 6.47. The second-order valence-electron chi connectivity index (χ2n) is 4.95. The molecule has 98 valence electrons. The molecule has 0 saturated carbocycles. The molecule has 0 aliphatic carbocycles. The van der Waals surface area contributed by atoms with Crippen LogP contribution >= 0.6 is 0 Å². The van der Waals surface area contributed by atoms with Crippen LogP contribution in [0.3, 0.4) is 0 Å². The lowest BCUT2D eigenvalue weighted by Crippen LogP contribution is -2.42. The van der Waals surface area contributed by atoms with Gasteiger partial charge in [-0.05, 0) is 19.8 Å². The number of hydrogen-bond donors (Lipinski definition) is 0. The monoisotopic (exact) mass is 250 g/mol. The Hall–Kier alpha value is -1.43. The highest BCUT2D eigenvalue weighted by Crippen LogP contribution is 2.38. The van der Waals surface area contributed by atoms with Gasteiger partial charge in [-0.3, -0.25) is 4.79 Å². The van der Waals surface area contributed by atoms with Crippen LogP contribution in [0.4, 0.5) is 0 Å². The molecule has 0 aromatic carbocycles. The molecule has 3 rings (SSSR count). The molecule has 0 spiro atoms. The van der Waals surface area contributed by atoms with Crippen LogP contribution in [0.5, 0.6) is 0 Å². The van der Waals surface area contributed by atoms with Crippen molar-refractivity contribution in [2.45, 2.75) is 38.3 Å². The van der Waals surface area contributed by atoms with Gasteiger partial charge in [-0.2, -0.15) is 0 Å². The molecule has 0 radical (unpaired) electrons. The van der Waals surface area contributed by atoms with Gasteiger partial charge in [-0.1, -0.05) is 0 Å². The van der Waals surface area contributed by atoms with Crippen molar-refractivity contribution >= 4 is 5.91 Å². The molecule has 1 aromatic heterocycles. The first-order valence-corrected chi connectivity index (χ1v) is 6.47. The summed E-state index contributed by atoms with van der Waals surface area (Å²) in [7, 11) is 1.67. The average molecular weight is 250 g/mol. The fourth-order valence-electron chi connectivity index (χ4n) is 3.00. The van der Waals surface area contributed by atoms with Gasteiger partial charge in [0.1, 0.15) is 11.9 Å². The number of nitrogens with zero attached hydrogens (tertiary/aromatic N) is 4. The normalized spacial score (nSPS) is 26.3. The highest BCUT2D eigenvalue weighted by atomic mass is 16.5. The second-order valence-corrected chi connectivity index (χ2v) is 4.95. The first-order chi connectivity index (χ1) is 8.74. The van der Waals surface area contributed by atoms with Crippen LogP contribution in [0.15, 0.2) is 0 Å². The van der Waals surface area contributed by atoms with Gasteiger partial charge in [-0.25, -0.2) is 0 Å². The Balaban J connectivity index is 1.99. The third-order valence-electron chi connectivity index (χ3n) is 3.90. The van der Waals surface area contributed by atoms with Crippen molar-refractivity contribution in [2.75, 3.05) is 20.3 Å². The SMILES string of the molecule is COCCc1nnc2n1[C@@H](C)C(=O)N1CCC[C@@H]21. The van der Waals surface area contributed by atoms with Crippen LogP contribution in [0.25, 0.3) is 0 Å². The van der Waals surface area contributed by atoms with Crippen LogP contribution in [0.1, 0.15) is 43.5 Å². The quantitative estimate of drug-likeness (QED) is 0.792. The van der Waals surface area contributed by atoms with Crippen molar-refractivity contribution < 1.29 is 9.53 Å². The van der Waals surface area contributed by atoms with Gasteiger partial charge in [-0.15, -0.1) is 10.2 Å². The Kier molecular flexibility index (Phi) is 2.81. The van der Waals surface area contributed by atoms with Gasteiger partial charge < -0.3 is 14.2 Å². The summed E-state index contributed by atoms with van der Waals surface area (Å²) in [6, 6.07) is -0.0475. The lowest BCUT2D eigenvalue weighted by molar-refractivity contribution is -0.137. The van der Waals surface area contributed by atoms with E-state index in [4.69, 9.17) is 4.74 Å². The van der Waals surface area contributed by atoms with Crippen LogP contribution < -0.4 is 0 Å². The largest absolute Gasteiger partial charge is 0.384 e. The maximum atomic E-state index is 12.3. The van der Waals surface area contributed by atoms with Crippen LogP contribution in [0.2, 0.25) is 0 Å². The number of amides is 1. The molecule has 18 heavy (non-hydrogen) atoms. The average Bonchev–Trinajstić information content (AvgIpc) is 2.99. The molecule has 0 N–H and O–H groups in total. The molecule has 6 heteroatoms. The molecule has 1 aromatic rings. The zero-order valence-electron chi connectivity index (χ0n) is 10.8. The fourth-order valence-corrected chi connectivity index (χ4v) is 3.00. The molecule has 0 bridgehead atoms. The molecule has 2 aliphatic rings. The smallest absolute Gasteiger partial charge is 0.246 e. The predicted octanol–water partition coefficient (Wildman–Crippen LogP) is 0.705. The summed E-state index contributed by atoms with van der Waals surface area (Å²) < 4.78 is 7.09. The molecule has 1 saturated heterocycles. The minimum atomic E-state index is -0.184. The Morgan fingerprint density at radius 2 is 2.28 bits per heavy atom. The summed E-state index contributed by atoms with van der Waals surface area (Å²) in [6.45, 7) is 3.39. The van der Waals surface area contributed by atoms with Crippen LogP contribution in [-0.4, -0.2) is 45.8 Å². The minimum absolute atomic E-state index is 0.137. The first kappa shape index (κ1) is 11.6. The molecule has 1 fully saturated rings. The minimum Gasteiger partial charge on any atom is -0.384 e. The number of methoxy groups -OCH3 is 1. The molecular weight excluding hydrogens is 232 g/mol. The Labute approximate surface area is 106 Å². The predicted molar refractivity (Wildman–Crippen MR) is 64.0 cm³/mol. The van der Waals surface area contributed by atoms with Crippen molar-refractivity contribution in [3.63, 3.8) is 0 Å². The van der Waals surface area contributed by atoms with E-state index in [1.807, 2.05) is 16.4 Å². The van der Waals surface area contributed by atoms with Gasteiger partial charge >= 0.3 is 0 Å². The number of carbonyl (C=O) groups excluding carboxylic acids is 1. The lowest BCUT2D eigenvalue weighted by atomic mass is 10.1. The summed E-state index contributed by atoms with van der Waals surface area (Å²) in [5.74, 6) is 2.01. The van der Waals surface area contributed by atoms with Crippen molar-refractivity contribution in [3.05, 3.63) is 11.6 Å². The highest BCUT2D eigenvalue weighted by molar-refractivity contribution is 5.82. The number of aromatic nitrogens is 3. The van der Waals surface area contributed by atoms with Crippen molar-refractivity contribution in [1.82, 2.24) is 19.7 Å². The molecular formula is C12H18N4O2. The lowest BCUT2D eigenvalue weighted by Gasteiger charge is -2.34. The van der Waals surface area contributed by atoms with E-state index in [0.29, 0.717) is 13.0 Å². The summed E-state index contributed by atoms with van der Waals surface area (Å²) >= 11 is 0. The van der Waals surface area contributed by atoms with Gasteiger partial charge in [0.25, 0.3) is 0 Å². The second kappa shape index (κ2) is 4.35. The molecule has 2 aliphatic heterocycles. The Morgan fingerprint density at radius 3 is 3.06 bits per heavy atom. The van der Waals surface area contributed by atoms with Gasteiger partial charge in [0, 0.05) is 20.1 Å². The standard InChI is InChI=1S/C12H18N4O2/c1-8-12(17)15-6-3-4-9(15)11-14-13-10(16(8)11)5-7-18-2/h8-9H,3-7H2,1-2H3/t8-,9-/m0/s1. The van der Waals surface area contributed by atoms with Crippen molar-refractivity contribution in [1.29, 1.82) is 0 Å². The van der Waals surface area contributed by atoms with Gasteiger partial charge in [0.2, 0.25) is 5.91 Å². The van der Waals surface area contributed by atoms with E-state index in [1.165, 1.54) is 0 Å². The summed E-state index contributed by atoms with van der Waals surface area (Å²) in [5, 5.41) is 8.54. The van der Waals surface area contributed by atoms with E-state index in [-0.39, 0.29) is 18.0 Å². The Bertz CT molecular complexity index is 471. The highest BCUT2D eigenvalue weighted by Gasteiger charge is 2.42. The van der Waals surface area contributed by atoms with E-state index in [0.717, 1.165) is 31.0 Å². The maximum Gasteiger partial charge on any atom is 0.246 e. The van der Waals surface area contributed by atoms with Gasteiger partial charge in [0.15, 0.2) is 5.82 Å². The number of fused-ring (bicyclic) bond motifs is 3. The molecule has 2 atom stereocenters. The number of hydrogen-bond acceptors (Lipinski definition) is 4. The fraction of sp³-hybridized carbons (Fsp3) is 0.750. The van der Waals surface area contributed by atoms with Crippen molar-refractivity contribution in [3.8, 4) is 0 Å². The number of ether oxygens (including phenoxy) is 1. The molecule has 1 amide bonds. The summed E-state index contributed by atoms with van der Waals surface area (Å²) in [4.78, 5) is 14.3. The Morgan fingerprint density at radius 1 is 1.44 bits per heavy atom. The van der Waals surface area contributed by atoms with E-state index < -0.39 is 0 Å². The van der Waals surface area contributed by atoms with E-state index >= 15 is 0 Å². The van der Waals surface area contributed by atoms with Gasteiger partial charge in [0.05, 0.1) is 12.6 Å². The third-order valence-corrected chi connectivity index (χ3v) is 3.90. The molecule has 0 unspecified atom stereocenters. The van der Waals surface area contributed by atoms with E-state index in [1.54, 1.807) is 7.11 Å². The number of carbonyl (C=O) groups is 1.